The highest BCUT2D eigenvalue weighted by Crippen LogP contribution is 2.41. The van der Waals surface area contributed by atoms with E-state index in [1.807, 2.05) is 42.5 Å². The lowest BCUT2D eigenvalue weighted by Crippen LogP contribution is -2.43. The van der Waals surface area contributed by atoms with Crippen molar-refractivity contribution in [2.75, 3.05) is 11.9 Å². The van der Waals surface area contributed by atoms with Gasteiger partial charge in [-0.2, -0.15) is 0 Å². The molecule has 0 radical (unpaired) electrons. The topological polar surface area (TPSA) is 78.5 Å². The first kappa shape index (κ1) is 17.0. The lowest BCUT2D eigenvalue weighted by Gasteiger charge is -2.22. The molecule has 1 heterocycles. The number of urea groups is 1. The minimum Gasteiger partial charge on any atom is -0.325 e. The van der Waals surface area contributed by atoms with Gasteiger partial charge in [-0.25, -0.2) is 4.79 Å². The molecule has 1 saturated heterocycles. The normalized spacial score (nSPS) is 22.4. The minimum absolute atomic E-state index is 0.286. The zero-order valence-corrected chi connectivity index (χ0v) is 15.5. The molecule has 1 atom stereocenters. The second-order valence-electron chi connectivity index (χ2n) is 7.77. The molecule has 2 N–H and O–H groups in total. The first-order chi connectivity index (χ1) is 13.6. The molecule has 1 aliphatic heterocycles. The van der Waals surface area contributed by atoms with E-state index in [-0.39, 0.29) is 18.4 Å². The average Bonchev–Trinajstić information content (AvgIpc) is 3.36. The molecular formula is C22H21N3O3. The number of nitrogens with one attached hydrogen (secondary N) is 2. The Hall–Kier alpha value is -3.15. The zero-order chi connectivity index (χ0) is 19.3. The molecule has 5 rings (SSSR count). The van der Waals surface area contributed by atoms with Crippen LogP contribution in [-0.2, 0) is 34.4 Å². The number of aryl methyl sites for hydroxylation is 3. The van der Waals surface area contributed by atoms with Crippen LogP contribution in [0.25, 0.3) is 0 Å². The number of imide groups is 1. The largest absolute Gasteiger partial charge is 0.325 e. The van der Waals surface area contributed by atoms with Gasteiger partial charge in [0, 0.05) is 5.69 Å². The Labute approximate surface area is 162 Å². The number of rotatable bonds is 3. The van der Waals surface area contributed by atoms with Crippen LogP contribution in [0.2, 0.25) is 0 Å². The van der Waals surface area contributed by atoms with Gasteiger partial charge in [0.15, 0.2) is 0 Å². The van der Waals surface area contributed by atoms with E-state index in [4.69, 9.17) is 0 Å². The van der Waals surface area contributed by atoms with E-state index >= 15 is 0 Å². The van der Waals surface area contributed by atoms with Crippen LogP contribution in [0.4, 0.5) is 10.5 Å². The van der Waals surface area contributed by atoms with Crippen molar-refractivity contribution in [1.29, 1.82) is 0 Å². The number of hydrogen-bond acceptors (Lipinski definition) is 3. The molecule has 0 aromatic heterocycles. The molecule has 0 unspecified atom stereocenters. The second-order valence-corrected chi connectivity index (χ2v) is 7.77. The summed E-state index contributed by atoms with van der Waals surface area (Å²) in [5.41, 5.74) is 4.18. The van der Waals surface area contributed by atoms with Crippen LogP contribution in [0.15, 0.2) is 42.5 Å². The molecule has 4 amide bonds. The van der Waals surface area contributed by atoms with Gasteiger partial charge in [-0.05, 0) is 66.5 Å². The monoisotopic (exact) mass is 375 g/mol. The highest BCUT2D eigenvalue weighted by Gasteiger charge is 2.55. The first-order valence-corrected chi connectivity index (χ1v) is 9.71. The van der Waals surface area contributed by atoms with E-state index in [0.29, 0.717) is 12.1 Å². The lowest BCUT2D eigenvalue weighted by atomic mass is 9.92. The quantitative estimate of drug-likeness (QED) is 0.809. The Bertz CT molecular complexity index is 1020. The maximum atomic E-state index is 13.1. The molecule has 2 aliphatic carbocycles. The molecule has 0 bridgehead atoms. The summed E-state index contributed by atoms with van der Waals surface area (Å²) in [4.78, 5) is 39.2. The first-order valence-electron chi connectivity index (χ1n) is 9.71. The summed E-state index contributed by atoms with van der Waals surface area (Å²) in [5, 5.41) is 5.67. The predicted molar refractivity (Wildman–Crippen MR) is 104 cm³/mol. The summed E-state index contributed by atoms with van der Waals surface area (Å²) in [6.45, 7) is -0.286. The number of amides is 4. The van der Waals surface area contributed by atoms with Gasteiger partial charge in [0.25, 0.3) is 5.91 Å². The fourth-order valence-corrected chi connectivity index (χ4v) is 4.73. The van der Waals surface area contributed by atoms with Crippen LogP contribution in [0, 0.1) is 0 Å². The Kier molecular flexibility index (Phi) is 3.75. The molecule has 2 aromatic rings. The van der Waals surface area contributed by atoms with E-state index in [1.54, 1.807) is 0 Å². The molecule has 28 heavy (non-hydrogen) atoms. The fraction of sp³-hybridized carbons (Fsp3) is 0.318. The van der Waals surface area contributed by atoms with Gasteiger partial charge in [0.1, 0.15) is 12.1 Å². The summed E-state index contributed by atoms with van der Waals surface area (Å²) in [6, 6.07) is 13.1. The molecule has 2 aromatic carbocycles. The standard InChI is InChI=1S/C22H21N3O3/c26-19(23-17-9-8-14-5-3-6-16(14)12-17)13-25-20(27)22(24-21(25)28)11-10-15-4-1-2-7-18(15)22/h1-2,4,7-9,12H,3,5-6,10-11,13H2,(H,23,26)(H,24,28)/t22-/m1/s1. The van der Waals surface area contributed by atoms with Crippen LogP contribution in [0.3, 0.4) is 0 Å². The van der Waals surface area contributed by atoms with E-state index in [9.17, 15) is 14.4 Å². The SMILES string of the molecule is O=C(CN1C(=O)N[C@@]2(CCc3ccccc32)C1=O)Nc1ccc2c(c1)CCC2. The third kappa shape index (κ3) is 2.52. The van der Waals surface area contributed by atoms with Crippen LogP contribution < -0.4 is 10.6 Å². The third-order valence-corrected chi connectivity index (χ3v) is 6.11. The van der Waals surface area contributed by atoms with Gasteiger partial charge in [-0.1, -0.05) is 30.3 Å². The highest BCUT2D eigenvalue weighted by molar-refractivity contribution is 6.10. The summed E-state index contributed by atoms with van der Waals surface area (Å²) in [5.74, 6) is -0.712. The van der Waals surface area contributed by atoms with Gasteiger partial charge in [0.2, 0.25) is 5.91 Å². The van der Waals surface area contributed by atoms with Crippen molar-refractivity contribution in [2.24, 2.45) is 0 Å². The van der Waals surface area contributed by atoms with Crippen molar-refractivity contribution in [3.05, 3.63) is 64.7 Å². The van der Waals surface area contributed by atoms with Crippen molar-refractivity contribution in [3.8, 4) is 0 Å². The number of carbonyl (C=O) groups excluding carboxylic acids is 3. The van der Waals surface area contributed by atoms with E-state index in [0.717, 1.165) is 41.7 Å². The highest BCUT2D eigenvalue weighted by atomic mass is 16.2. The Balaban J connectivity index is 1.33. The summed E-state index contributed by atoms with van der Waals surface area (Å²) < 4.78 is 0. The van der Waals surface area contributed by atoms with Crippen molar-refractivity contribution in [2.45, 2.75) is 37.6 Å². The van der Waals surface area contributed by atoms with Crippen LogP contribution in [0.1, 0.15) is 35.1 Å². The van der Waals surface area contributed by atoms with E-state index < -0.39 is 11.6 Å². The van der Waals surface area contributed by atoms with Crippen molar-refractivity contribution in [3.63, 3.8) is 0 Å². The van der Waals surface area contributed by atoms with E-state index in [1.165, 1.54) is 11.1 Å². The molecule has 0 saturated carbocycles. The Morgan fingerprint density at radius 2 is 1.86 bits per heavy atom. The number of nitrogens with zero attached hydrogens (tertiary/aromatic N) is 1. The maximum absolute atomic E-state index is 13.1. The molecule has 6 heteroatoms. The number of carbonyl (C=O) groups is 3. The fourth-order valence-electron chi connectivity index (χ4n) is 4.73. The Morgan fingerprint density at radius 1 is 1.04 bits per heavy atom. The smallest absolute Gasteiger partial charge is 0.325 e. The van der Waals surface area contributed by atoms with E-state index in [2.05, 4.69) is 10.6 Å². The zero-order valence-electron chi connectivity index (χ0n) is 15.5. The second kappa shape index (κ2) is 6.19. The number of benzene rings is 2. The third-order valence-electron chi connectivity index (χ3n) is 6.11. The van der Waals surface area contributed by atoms with Gasteiger partial charge < -0.3 is 10.6 Å². The average molecular weight is 375 g/mol. The van der Waals surface area contributed by atoms with Crippen LogP contribution >= 0.6 is 0 Å². The number of fused-ring (bicyclic) bond motifs is 3. The van der Waals surface area contributed by atoms with Crippen molar-refractivity contribution in [1.82, 2.24) is 10.2 Å². The molecule has 3 aliphatic rings. The van der Waals surface area contributed by atoms with Gasteiger partial charge in [-0.15, -0.1) is 0 Å². The summed E-state index contributed by atoms with van der Waals surface area (Å²) >= 11 is 0. The predicted octanol–water partition coefficient (Wildman–Crippen LogP) is 2.51. The number of anilines is 1. The van der Waals surface area contributed by atoms with Crippen molar-refractivity contribution < 1.29 is 14.4 Å². The van der Waals surface area contributed by atoms with Crippen molar-refractivity contribution >= 4 is 23.5 Å². The van der Waals surface area contributed by atoms with Gasteiger partial charge >= 0.3 is 6.03 Å². The molecule has 142 valence electrons. The lowest BCUT2D eigenvalue weighted by molar-refractivity contribution is -0.134. The minimum atomic E-state index is -1.03. The van der Waals surface area contributed by atoms with Gasteiger partial charge in [0.05, 0.1) is 0 Å². The molecular weight excluding hydrogens is 354 g/mol. The molecule has 1 fully saturated rings. The maximum Gasteiger partial charge on any atom is 0.325 e. The summed E-state index contributed by atoms with van der Waals surface area (Å²) in [7, 11) is 0. The summed E-state index contributed by atoms with van der Waals surface area (Å²) in [6.07, 6.45) is 4.50. The molecule has 1 spiro atoms. The van der Waals surface area contributed by atoms with Gasteiger partial charge in [-0.3, -0.25) is 14.5 Å². The van der Waals surface area contributed by atoms with Crippen LogP contribution in [0.5, 0.6) is 0 Å². The molecule has 6 nitrogen and oxygen atoms in total. The number of hydrogen-bond donors (Lipinski definition) is 2. The van der Waals surface area contributed by atoms with Crippen LogP contribution in [-0.4, -0.2) is 29.3 Å². The Morgan fingerprint density at radius 3 is 2.75 bits per heavy atom.